The molecule has 156 valence electrons. The van der Waals surface area contributed by atoms with E-state index in [-0.39, 0.29) is 5.54 Å². The van der Waals surface area contributed by atoms with Gasteiger partial charge in [-0.25, -0.2) is 0 Å². The third-order valence-corrected chi connectivity index (χ3v) is 8.65. The molecule has 5 atom stereocenters. The lowest BCUT2D eigenvalue weighted by Crippen LogP contribution is -2.54. The van der Waals surface area contributed by atoms with E-state index in [1.807, 2.05) is 0 Å². The van der Waals surface area contributed by atoms with Gasteiger partial charge in [0.05, 0.1) is 12.7 Å². The molecule has 3 nitrogen and oxygen atoms in total. The highest BCUT2D eigenvalue weighted by Crippen LogP contribution is 2.43. The molecule has 3 heterocycles. The highest BCUT2D eigenvalue weighted by atomic mass is 16.5. The summed E-state index contributed by atoms with van der Waals surface area (Å²) in [7, 11) is 0. The Morgan fingerprint density at radius 1 is 0.889 bits per heavy atom. The molecule has 0 aromatic carbocycles. The standard InChI is InChI=1S/C24H44N2O/c1-23(2,3)20-14-21-22(27-13-12-25(21)17-20)15-24(4,5)26-11-7-10-18-8-6-9-19(18)16-26/h18-22H,6-17H2,1-5H3. The summed E-state index contributed by atoms with van der Waals surface area (Å²) in [6.07, 6.45) is 10.3. The molecular weight excluding hydrogens is 332 g/mol. The van der Waals surface area contributed by atoms with Gasteiger partial charge >= 0.3 is 0 Å². The van der Waals surface area contributed by atoms with Gasteiger partial charge in [0.1, 0.15) is 0 Å². The van der Waals surface area contributed by atoms with Gasteiger partial charge in [-0.3, -0.25) is 9.80 Å². The SMILES string of the molecule is CC(C)(C)C1CC2C(CC(C)(C)N3CCCC4CCCC4C3)OCCN2C1. The van der Waals surface area contributed by atoms with Gasteiger partial charge in [-0.15, -0.1) is 0 Å². The molecule has 3 heteroatoms. The van der Waals surface area contributed by atoms with Crippen molar-refractivity contribution in [1.29, 1.82) is 0 Å². The normalized spacial score (nSPS) is 39.2. The first-order chi connectivity index (χ1) is 12.7. The van der Waals surface area contributed by atoms with E-state index in [2.05, 4.69) is 44.4 Å². The summed E-state index contributed by atoms with van der Waals surface area (Å²) in [6.45, 7) is 18.3. The fourth-order valence-electron chi connectivity index (χ4n) is 6.66. The van der Waals surface area contributed by atoms with Gasteiger partial charge in [-0.05, 0) is 75.7 Å². The Bertz CT molecular complexity index is 511. The van der Waals surface area contributed by atoms with Crippen molar-refractivity contribution >= 4 is 0 Å². The molecule has 0 N–H and O–H groups in total. The van der Waals surface area contributed by atoms with Crippen LogP contribution >= 0.6 is 0 Å². The second-order valence-corrected chi connectivity index (χ2v) is 11.8. The summed E-state index contributed by atoms with van der Waals surface area (Å²) >= 11 is 0. The lowest BCUT2D eigenvalue weighted by atomic mass is 9.78. The number of nitrogens with zero attached hydrogens (tertiary/aromatic N) is 2. The molecule has 0 bridgehead atoms. The lowest BCUT2D eigenvalue weighted by molar-refractivity contribution is -0.0804. The van der Waals surface area contributed by atoms with Crippen molar-refractivity contribution in [2.45, 2.75) is 97.2 Å². The van der Waals surface area contributed by atoms with E-state index in [9.17, 15) is 0 Å². The number of fused-ring (bicyclic) bond motifs is 2. The Labute approximate surface area is 168 Å². The minimum Gasteiger partial charge on any atom is -0.375 e. The average molecular weight is 377 g/mol. The molecule has 0 amide bonds. The Kier molecular flexibility index (Phi) is 5.68. The van der Waals surface area contributed by atoms with Crippen LogP contribution < -0.4 is 0 Å². The minimum atomic E-state index is 0.255. The Morgan fingerprint density at radius 2 is 1.63 bits per heavy atom. The fraction of sp³-hybridized carbons (Fsp3) is 1.00. The van der Waals surface area contributed by atoms with Gasteiger partial charge in [0.25, 0.3) is 0 Å². The first-order valence-corrected chi connectivity index (χ1v) is 11.8. The van der Waals surface area contributed by atoms with E-state index in [0.29, 0.717) is 17.6 Å². The highest BCUT2D eigenvalue weighted by Gasteiger charge is 2.46. The third-order valence-electron chi connectivity index (χ3n) is 8.65. The van der Waals surface area contributed by atoms with Gasteiger partial charge in [-0.2, -0.15) is 0 Å². The zero-order chi connectivity index (χ0) is 19.2. The summed E-state index contributed by atoms with van der Waals surface area (Å²) in [5.74, 6) is 2.80. The van der Waals surface area contributed by atoms with Crippen LogP contribution in [0.15, 0.2) is 0 Å². The summed E-state index contributed by atoms with van der Waals surface area (Å²) < 4.78 is 6.43. The van der Waals surface area contributed by atoms with Crippen LogP contribution in [0, 0.1) is 23.2 Å². The van der Waals surface area contributed by atoms with Gasteiger partial charge in [0.15, 0.2) is 0 Å². The fourth-order valence-corrected chi connectivity index (χ4v) is 6.66. The third kappa shape index (κ3) is 4.26. The maximum absolute atomic E-state index is 6.43. The van der Waals surface area contributed by atoms with Crippen LogP contribution in [0.25, 0.3) is 0 Å². The van der Waals surface area contributed by atoms with Gasteiger partial charge in [0, 0.05) is 31.2 Å². The predicted octanol–water partition coefficient (Wildman–Crippen LogP) is 4.80. The van der Waals surface area contributed by atoms with Crippen molar-refractivity contribution in [3.63, 3.8) is 0 Å². The van der Waals surface area contributed by atoms with E-state index in [1.54, 1.807) is 0 Å². The molecule has 1 saturated carbocycles. The zero-order valence-electron chi connectivity index (χ0n) is 18.7. The topological polar surface area (TPSA) is 15.7 Å². The number of morpholine rings is 1. The molecule has 0 spiro atoms. The monoisotopic (exact) mass is 376 g/mol. The number of hydrogen-bond donors (Lipinski definition) is 0. The first-order valence-electron chi connectivity index (χ1n) is 11.8. The van der Waals surface area contributed by atoms with Gasteiger partial charge in [-0.1, -0.05) is 33.6 Å². The number of hydrogen-bond acceptors (Lipinski definition) is 3. The van der Waals surface area contributed by atoms with Crippen LogP contribution in [0.4, 0.5) is 0 Å². The van der Waals surface area contributed by atoms with E-state index < -0.39 is 0 Å². The van der Waals surface area contributed by atoms with E-state index in [4.69, 9.17) is 4.74 Å². The van der Waals surface area contributed by atoms with Crippen LogP contribution in [0.3, 0.4) is 0 Å². The summed E-state index contributed by atoms with van der Waals surface area (Å²) in [4.78, 5) is 5.61. The second kappa shape index (κ2) is 7.61. The second-order valence-electron chi connectivity index (χ2n) is 11.8. The maximum atomic E-state index is 6.43. The predicted molar refractivity (Wildman–Crippen MR) is 113 cm³/mol. The van der Waals surface area contributed by atoms with Crippen LogP contribution in [0.1, 0.15) is 79.6 Å². The molecule has 0 aromatic rings. The van der Waals surface area contributed by atoms with Crippen LogP contribution in [-0.4, -0.2) is 60.3 Å². The first kappa shape index (κ1) is 20.2. The number of ether oxygens (including phenoxy) is 1. The molecule has 1 aliphatic carbocycles. The molecule has 4 rings (SSSR count). The lowest BCUT2D eigenvalue weighted by Gasteiger charge is -2.45. The summed E-state index contributed by atoms with van der Waals surface area (Å²) in [5.41, 5.74) is 0.671. The van der Waals surface area contributed by atoms with E-state index in [1.165, 1.54) is 64.6 Å². The zero-order valence-corrected chi connectivity index (χ0v) is 18.7. The summed E-state index contributed by atoms with van der Waals surface area (Å²) in [5, 5.41) is 0. The van der Waals surface area contributed by atoms with Crippen LogP contribution in [-0.2, 0) is 4.74 Å². The largest absolute Gasteiger partial charge is 0.375 e. The van der Waals surface area contributed by atoms with Crippen molar-refractivity contribution in [3.8, 4) is 0 Å². The van der Waals surface area contributed by atoms with Crippen molar-refractivity contribution in [2.24, 2.45) is 23.2 Å². The van der Waals surface area contributed by atoms with E-state index >= 15 is 0 Å². The smallest absolute Gasteiger partial charge is 0.0748 e. The quantitative estimate of drug-likeness (QED) is 0.703. The van der Waals surface area contributed by atoms with E-state index in [0.717, 1.165) is 30.9 Å². The Morgan fingerprint density at radius 3 is 2.41 bits per heavy atom. The molecule has 27 heavy (non-hydrogen) atoms. The Hall–Kier alpha value is -0.120. The average Bonchev–Trinajstić information content (AvgIpc) is 3.17. The minimum absolute atomic E-state index is 0.255. The van der Waals surface area contributed by atoms with Crippen molar-refractivity contribution < 1.29 is 4.74 Å². The number of rotatable bonds is 3. The van der Waals surface area contributed by atoms with Crippen molar-refractivity contribution in [1.82, 2.24) is 9.80 Å². The molecule has 3 aliphatic heterocycles. The molecule has 0 radical (unpaired) electrons. The molecule has 4 aliphatic rings. The maximum Gasteiger partial charge on any atom is 0.0748 e. The van der Waals surface area contributed by atoms with Crippen molar-refractivity contribution in [2.75, 3.05) is 32.8 Å². The van der Waals surface area contributed by atoms with Crippen LogP contribution in [0.5, 0.6) is 0 Å². The molecule has 3 saturated heterocycles. The van der Waals surface area contributed by atoms with Gasteiger partial charge < -0.3 is 4.74 Å². The molecule has 4 fully saturated rings. The number of likely N-dealkylation sites (tertiary alicyclic amines) is 1. The highest BCUT2D eigenvalue weighted by molar-refractivity contribution is 5.00. The molecule has 0 aromatic heterocycles. The Balaban J connectivity index is 1.42. The van der Waals surface area contributed by atoms with Crippen molar-refractivity contribution in [3.05, 3.63) is 0 Å². The molecule has 5 unspecified atom stereocenters. The molecular formula is C24H44N2O. The summed E-state index contributed by atoms with van der Waals surface area (Å²) in [6, 6.07) is 0.647. The van der Waals surface area contributed by atoms with Crippen LogP contribution in [0.2, 0.25) is 0 Å². The van der Waals surface area contributed by atoms with Gasteiger partial charge in [0.2, 0.25) is 0 Å².